The van der Waals surface area contributed by atoms with Gasteiger partial charge in [-0.2, -0.15) is 5.10 Å². The van der Waals surface area contributed by atoms with Crippen molar-refractivity contribution in [1.29, 1.82) is 0 Å². The summed E-state index contributed by atoms with van der Waals surface area (Å²) >= 11 is 0. The number of nitrogens with one attached hydrogen (secondary N) is 2. The monoisotopic (exact) mass is 392 g/mol. The van der Waals surface area contributed by atoms with E-state index < -0.39 is 0 Å². The summed E-state index contributed by atoms with van der Waals surface area (Å²) in [5.74, 6) is -0.689. The van der Waals surface area contributed by atoms with E-state index in [9.17, 15) is 14.4 Å². The summed E-state index contributed by atoms with van der Waals surface area (Å²) < 4.78 is 0. The lowest BCUT2D eigenvalue weighted by Gasteiger charge is -2.29. The first-order valence-corrected chi connectivity index (χ1v) is 10.5. The molecule has 2 N–H and O–H groups in total. The molecule has 1 atom stereocenters. The van der Waals surface area contributed by atoms with Crippen molar-refractivity contribution in [3.8, 4) is 0 Å². The average Bonchev–Trinajstić information content (AvgIpc) is 3.31. The number of aromatic amines is 1. The average molecular weight is 392 g/mol. The van der Waals surface area contributed by atoms with Gasteiger partial charge in [-0.15, -0.1) is 0 Å². The molecule has 0 spiro atoms. The molecule has 2 aromatic rings. The molecule has 7 nitrogen and oxygen atoms in total. The van der Waals surface area contributed by atoms with Gasteiger partial charge < -0.3 is 5.32 Å². The molecule has 1 aromatic heterocycles. The zero-order valence-electron chi connectivity index (χ0n) is 16.2. The Morgan fingerprint density at radius 1 is 1.07 bits per heavy atom. The zero-order chi connectivity index (χ0) is 20.0. The van der Waals surface area contributed by atoms with Crippen LogP contribution in [-0.4, -0.2) is 44.9 Å². The van der Waals surface area contributed by atoms with Crippen LogP contribution in [0.25, 0.3) is 0 Å². The van der Waals surface area contributed by atoms with Crippen molar-refractivity contribution in [3.63, 3.8) is 0 Å². The maximum absolute atomic E-state index is 12.9. The topological polar surface area (TPSA) is 95.2 Å². The van der Waals surface area contributed by atoms with Gasteiger partial charge in [-0.25, -0.2) is 0 Å². The van der Waals surface area contributed by atoms with Crippen LogP contribution in [0.5, 0.6) is 0 Å². The molecule has 2 heterocycles. The number of imide groups is 1. The summed E-state index contributed by atoms with van der Waals surface area (Å²) in [4.78, 5) is 39.9. The van der Waals surface area contributed by atoms with Crippen LogP contribution < -0.4 is 5.32 Å². The molecule has 0 saturated heterocycles. The van der Waals surface area contributed by atoms with Crippen molar-refractivity contribution < 1.29 is 14.4 Å². The second kappa shape index (κ2) is 7.13. The van der Waals surface area contributed by atoms with Crippen molar-refractivity contribution >= 4 is 17.7 Å². The quantitative estimate of drug-likeness (QED) is 0.785. The normalized spacial score (nSPS) is 21.8. The summed E-state index contributed by atoms with van der Waals surface area (Å²) in [7, 11) is 0. The Morgan fingerprint density at radius 2 is 1.86 bits per heavy atom. The fourth-order valence-corrected chi connectivity index (χ4v) is 4.87. The summed E-state index contributed by atoms with van der Waals surface area (Å²) in [6, 6.07) is 4.87. The van der Waals surface area contributed by atoms with Crippen molar-refractivity contribution in [2.75, 3.05) is 0 Å². The Labute approximate surface area is 168 Å². The van der Waals surface area contributed by atoms with Crippen LogP contribution in [0.2, 0.25) is 0 Å². The van der Waals surface area contributed by atoms with Crippen LogP contribution in [0, 0.1) is 0 Å². The summed E-state index contributed by atoms with van der Waals surface area (Å²) in [6.07, 6.45) is 9.29. The van der Waals surface area contributed by atoms with E-state index >= 15 is 0 Å². The fraction of sp³-hybridized carbons (Fsp3) is 0.455. The first kappa shape index (κ1) is 18.1. The number of carbonyl (C=O) groups is 3. The molecule has 0 bridgehead atoms. The highest BCUT2D eigenvalue weighted by atomic mass is 16.2. The minimum atomic E-state index is -0.258. The van der Waals surface area contributed by atoms with E-state index in [2.05, 4.69) is 15.5 Å². The van der Waals surface area contributed by atoms with Gasteiger partial charge in [-0.05, 0) is 49.4 Å². The zero-order valence-corrected chi connectivity index (χ0v) is 16.2. The highest BCUT2D eigenvalue weighted by Gasteiger charge is 2.40. The second-order valence-corrected chi connectivity index (χ2v) is 8.32. The molecule has 0 radical (unpaired) electrons. The molecule has 1 unspecified atom stereocenters. The third-order valence-corrected chi connectivity index (χ3v) is 6.48. The van der Waals surface area contributed by atoms with Crippen molar-refractivity contribution in [2.45, 2.75) is 63.5 Å². The SMILES string of the molecule is O=C(NC1CCc2cn[nH]c2C1)c1ccc2c(c1)C(=O)N(C1CCCCC1)C2=O. The number of hydrogen-bond donors (Lipinski definition) is 2. The lowest BCUT2D eigenvalue weighted by molar-refractivity contribution is 0.0548. The molecule has 2 aliphatic carbocycles. The van der Waals surface area contributed by atoms with E-state index in [1.165, 1.54) is 10.5 Å². The van der Waals surface area contributed by atoms with E-state index in [1.807, 2.05) is 6.20 Å². The smallest absolute Gasteiger partial charge is 0.261 e. The fourth-order valence-electron chi connectivity index (χ4n) is 4.87. The van der Waals surface area contributed by atoms with Gasteiger partial charge in [0.25, 0.3) is 17.7 Å². The Morgan fingerprint density at radius 3 is 2.69 bits per heavy atom. The van der Waals surface area contributed by atoms with Crippen LogP contribution in [0.1, 0.15) is 80.9 Å². The minimum Gasteiger partial charge on any atom is -0.349 e. The molecule has 1 fully saturated rings. The molecular formula is C22H24N4O3. The first-order valence-electron chi connectivity index (χ1n) is 10.5. The van der Waals surface area contributed by atoms with Crippen LogP contribution in [-0.2, 0) is 12.8 Å². The number of H-pyrrole nitrogens is 1. The summed E-state index contributed by atoms with van der Waals surface area (Å²) in [6.45, 7) is 0. The predicted octanol–water partition coefficient (Wildman–Crippen LogP) is 2.63. The van der Waals surface area contributed by atoms with Crippen LogP contribution in [0.15, 0.2) is 24.4 Å². The largest absolute Gasteiger partial charge is 0.349 e. The van der Waals surface area contributed by atoms with E-state index in [0.717, 1.165) is 57.1 Å². The van der Waals surface area contributed by atoms with Crippen molar-refractivity contribution in [2.24, 2.45) is 0 Å². The number of hydrogen-bond acceptors (Lipinski definition) is 4. The van der Waals surface area contributed by atoms with Gasteiger partial charge in [-0.1, -0.05) is 19.3 Å². The summed E-state index contributed by atoms with van der Waals surface area (Å²) in [5, 5.41) is 10.1. The number of aromatic nitrogens is 2. The highest BCUT2D eigenvalue weighted by molar-refractivity contribution is 6.22. The lowest BCUT2D eigenvalue weighted by atomic mass is 9.93. The van der Waals surface area contributed by atoms with Crippen molar-refractivity contribution in [3.05, 3.63) is 52.3 Å². The number of rotatable bonds is 3. The van der Waals surface area contributed by atoms with Crippen molar-refractivity contribution in [1.82, 2.24) is 20.4 Å². The van der Waals surface area contributed by atoms with Gasteiger partial charge >= 0.3 is 0 Å². The number of amides is 3. The molecule has 150 valence electrons. The maximum atomic E-state index is 12.9. The summed E-state index contributed by atoms with van der Waals surface area (Å²) in [5.41, 5.74) is 3.47. The molecule has 3 amide bonds. The second-order valence-electron chi connectivity index (χ2n) is 8.32. The van der Waals surface area contributed by atoms with E-state index in [0.29, 0.717) is 16.7 Å². The predicted molar refractivity (Wildman–Crippen MR) is 106 cm³/mol. The number of benzene rings is 1. The number of carbonyl (C=O) groups excluding carboxylic acids is 3. The third kappa shape index (κ3) is 3.14. The van der Waals surface area contributed by atoms with Crippen LogP contribution in [0.3, 0.4) is 0 Å². The number of fused-ring (bicyclic) bond motifs is 2. The molecule has 1 aromatic carbocycles. The van der Waals surface area contributed by atoms with E-state index in [4.69, 9.17) is 0 Å². The highest BCUT2D eigenvalue weighted by Crippen LogP contribution is 2.31. The number of nitrogens with zero attached hydrogens (tertiary/aromatic N) is 2. The first-order chi connectivity index (χ1) is 14.1. The molecule has 7 heteroatoms. The lowest BCUT2D eigenvalue weighted by Crippen LogP contribution is -2.40. The molecule has 29 heavy (non-hydrogen) atoms. The molecule has 1 aliphatic heterocycles. The van der Waals surface area contributed by atoms with Gasteiger partial charge in [0.2, 0.25) is 0 Å². The standard InChI is InChI=1S/C22H24N4O3/c27-20(24-15-8-6-14-12-23-25-19(14)11-15)13-7-9-17-18(10-13)22(29)26(21(17)28)16-4-2-1-3-5-16/h7,9-10,12,15-16H,1-6,8,11H2,(H,23,25)(H,24,27). The molecule has 3 aliphatic rings. The molecule has 5 rings (SSSR count). The maximum Gasteiger partial charge on any atom is 0.261 e. The minimum absolute atomic E-state index is 0.0146. The van der Waals surface area contributed by atoms with Crippen LogP contribution >= 0.6 is 0 Å². The van der Waals surface area contributed by atoms with Gasteiger partial charge in [0.1, 0.15) is 0 Å². The molecule has 1 saturated carbocycles. The Hall–Kier alpha value is -2.96. The third-order valence-electron chi connectivity index (χ3n) is 6.48. The van der Waals surface area contributed by atoms with E-state index in [1.54, 1.807) is 18.2 Å². The van der Waals surface area contributed by atoms with Gasteiger partial charge in [0.05, 0.1) is 17.3 Å². The Balaban J connectivity index is 1.32. The molecular weight excluding hydrogens is 368 g/mol. The van der Waals surface area contributed by atoms with Crippen LogP contribution in [0.4, 0.5) is 0 Å². The van der Waals surface area contributed by atoms with E-state index in [-0.39, 0.29) is 29.8 Å². The Bertz CT molecular complexity index is 990. The van der Waals surface area contributed by atoms with Gasteiger partial charge in [0.15, 0.2) is 0 Å². The number of aryl methyl sites for hydroxylation is 1. The van der Waals surface area contributed by atoms with Gasteiger partial charge in [0, 0.05) is 29.8 Å². The van der Waals surface area contributed by atoms with Gasteiger partial charge in [-0.3, -0.25) is 24.4 Å². The Kier molecular flexibility index (Phi) is 4.45.